The zero-order valence-electron chi connectivity index (χ0n) is 34.0. The van der Waals surface area contributed by atoms with Gasteiger partial charge in [-0.25, -0.2) is 4.98 Å². The Kier molecular flexibility index (Phi) is 8.38. The molecule has 0 fully saturated rings. The van der Waals surface area contributed by atoms with Crippen LogP contribution in [-0.4, -0.2) is 9.55 Å². The normalized spacial score (nSPS) is 11.9. The standard InChI is InChI=1S/C57H43N3/c1-57(2,3)40-34-36-43(37-35-40)60-55-49-27-15-11-23-45(49)44-22-10-14-26-48(44)53(55)58-56(60)39-32-30-38(31-33-39)52-46-24-12-16-28-50(46)54(51-29-17-13-25-47(51)52)59(41-18-6-4-7-19-41)42-20-8-5-9-21-42/h4-37H,1-3H3. The summed E-state index contributed by atoms with van der Waals surface area (Å²) < 4.78 is 2.38. The number of benzene rings is 10. The topological polar surface area (TPSA) is 21.1 Å². The molecular weight excluding hydrogens is 727 g/mol. The van der Waals surface area contributed by atoms with E-state index in [1.165, 1.54) is 54.5 Å². The maximum Gasteiger partial charge on any atom is 0.145 e. The van der Waals surface area contributed by atoms with Crippen LogP contribution in [0.15, 0.2) is 206 Å². The Labute approximate surface area is 350 Å². The average molecular weight is 770 g/mol. The predicted octanol–water partition coefficient (Wildman–Crippen LogP) is 15.7. The molecule has 0 aliphatic rings. The van der Waals surface area contributed by atoms with Crippen LogP contribution in [0.4, 0.5) is 17.1 Å². The minimum Gasteiger partial charge on any atom is -0.309 e. The SMILES string of the molecule is CC(C)(C)c1ccc(-n2c(-c3ccc(-c4c5ccccc5c(N(c5ccccc5)c5ccccc5)c5ccccc45)cc3)nc3c4ccccc4c4ccccc4c32)cc1. The first-order chi connectivity index (χ1) is 29.4. The van der Waals surface area contributed by atoms with Crippen molar-refractivity contribution >= 4 is 71.2 Å². The third kappa shape index (κ3) is 5.77. The summed E-state index contributed by atoms with van der Waals surface area (Å²) in [6.45, 7) is 6.80. The molecule has 0 saturated heterocycles. The van der Waals surface area contributed by atoms with E-state index < -0.39 is 0 Å². The van der Waals surface area contributed by atoms with E-state index in [9.17, 15) is 0 Å². The Hall–Kier alpha value is -7.49. The zero-order valence-corrected chi connectivity index (χ0v) is 34.0. The van der Waals surface area contributed by atoms with Gasteiger partial charge in [0, 0.05) is 44.2 Å². The van der Waals surface area contributed by atoms with Gasteiger partial charge in [-0.15, -0.1) is 0 Å². The highest BCUT2D eigenvalue weighted by Crippen LogP contribution is 2.48. The lowest BCUT2D eigenvalue weighted by molar-refractivity contribution is 0.590. The van der Waals surface area contributed by atoms with Crippen LogP contribution in [0.25, 0.3) is 82.3 Å². The summed E-state index contributed by atoms with van der Waals surface area (Å²) in [4.78, 5) is 7.96. The number of fused-ring (bicyclic) bond motifs is 8. The van der Waals surface area contributed by atoms with Crippen LogP contribution in [0.5, 0.6) is 0 Å². The number of hydrogen-bond acceptors (Lipinski definition) is 2. The third-order valence-corrected chi connectivity index (χ3v) is 12.1. The number of aromatic nitrogens is 2. The van der Waals surface area contributed by atoms with Gasteiger partial charge in [-0.05, 0) is 80.0 Å². The average Bonchev–Trinajstić information content (AvgIpc) is 3.71. The Morgan fingerprint density at radius 2 is 0.833 bits per heavy atom. The molecule has 0 aliphatic carbocycles. The second-order valence-electron chi connectivity index (χ2n) is 16.8. The first-order valence-corrected chi connectivity index (χ1v) is 20.8. The van der Waals surface area contributed by atoms with E-state index in [1.54, 1.807) is 0 Å². The van der Waals surface area contributed by atoms with Gasteiger partial charge in [0.05, 0.1) is 16.7 Å². The Bertz CT molecular complexity index is 3280. The molecular formula is C57H43N3. The molecule has 0 spiro atoms. The molecule has 286 valence electrons. The van der Waals surface area contributed by atoms with Crippen molar-refractivity contribution in [3.63, 3.8) is 0 Å². The van der Waals surface area contributed by atoms with E-state index >= 15 is 0 Å². The number of anilines is 3. The fourth-order valence-corrected chi connectivity index (χ4v) is 9.27. The maximum atomic E-state index is 5.56. The van der Waals surface area contributed by atoms with Crippen LogP contribution < -0.4 is 4.90 Å². The van der Waals surface area contributed by atoms with Crippen LogP contribution >= 0.6 is 0 Å². The van der Waals surface area contributed by atoms with Gasteiger partial charge in [-0.2, -0.15) is 0 Å². The molecule has 0 saturated carbocycles. The number of hydrogen-bond donors (Lipinski definition) is 0. The van der Waals surface area contributed by atoms with Crippen molar-refractivity contribution in [2.75, 3.05) is 4.90 Å². The van der Waals surface area contributed by atoms with E-state index in [4.69, 9.17) is 4.98 Å². The van der Waals surface area contributed by atoms with Crippen molar-refractivity contribution in [3.8, 4) is 28.2 Å². The first-order valence-electron chi connectivity index (χ1n) is 20.8. The van der Waals surface area contributed by atoms with Gasteiger partial charge in [0.2, 0.25) is 0 Å². The van der Waals surface area contributed by atoms with Crippen molar-refractivity contribution in [3.05, 3.63) is 212 Å². The van der Waals surface area contributed by atoms with E-state index in [-0.39, 0.29) is 5.41 Å². The molecule has 1 heterocycles. The molecule has 0 N–H and O–H groups in total. The van der Waals surface area contributed by atoms with Gasteiger partial charge in [0.15, 0.2) is 0 Å². The molecule has 3 heteroatoms. The second-order valence-corrected chi connectivity index (χ2v) is 16.8. The lowest BCUT2D eigenvalue weighted by Crippen LogP contribution is -2.11. The number of para-hydroxylation sites is 2. The molecule has 0 radical (unpaired) electrons. The minimum atomic E-state index is 0.0466. The fraction of sp³-hybridized carbons (Fsp3) is 0.0702. The quantitative estimate of drug-likeness (QED) is 0.124. The number of rotatable bonds is 6. The maximum absolute atomic E-state index is 5.56. The van der Waals surface area contributed by atoms with Crippen LogP contribution in [0.2, 0.25) is 0 Å². The summed E-state index contributed by atoms with van der Waals surface area (Å²) in [6.07, 6.45) is 0. The summed E-state index contributed by atoms with van der Waals surface area (Å²) in [5, 5.41) is 9.61. The third-order valence-electron chi connectivity index (χ3n) is 12.1. The van der Waals surface area contributed by atoms with Crippen molar-refractivity contribution in [1.82, 2.24) is 9.55 Å². The summed E-state index contributed by atoms with van der Waals surface area (Å²) in [5.74, 6) is 0.924. The Morgan fingerprint density at radius 1 is 0.400 bits per heavy atom. The van der Waals surface area contributed by atoms with Gasteiger partial charge in [-0.3, -0.25) is 4.57 Å². The van der Waals surface area contributed by atoms with Gasteiger partial charge < -0.3 is 4.90 Å². The molecule has 0 bridgehead atoms. The van der Waals surface area contributed by atoms with E-state index in [2.05, 4.69) is 236 Å². The lowest BCUT2D eigenvalue weighted by atomic mass is 9.87. The Balaban J connectivity index is 1.14. The monoisotopic (exact) mass is 769 g/mol. The van der Waals surface area contributed by atoms with Crippen LogP contribution in [0, 0.1) is 0 Å². The summed E-state index contributed by atoms with van der Waals surface area (Å²) in [6, 6.07) is 74.8. The van der Waals surface area contributed by atoms with Crippen molar-refractivity contribution < 1.29 is 0 Å². The highest BCUT2D eigenvalue weighted by molar-refractivity contribution is 6.25. The van der Waals surface area contributed by atoms with Crippen molar-refractivity contribution in [2.24, 2.45) is 0 Å². The number of imidazole rings is 1. The van der Waals surface area contributed by atoms with Crippen LogP contribution in [-0.2, 0) is 5.41 Å². The molecule has 0 unspecified atom stereocenters. The van der Waals surface area contributed by atoms with Crippen LogP contribution in [0.1, 0.15) is 26.3 Å². The number of nitrogens with zero attached hydrogens (tertiary/aromatic N) is 3. The minimum absolute atomic E-state index is 0.0466. The highest BCUT2D eigenvalue weighted by atomic mass is 15.1. The summed E-state index contributed by atoms with van der Waals surface area (Å²) in [5.41, 5.74) is 11.4. The van der Waals surface area contributed by atoms with E-state index in [0.29, 0.717) is 0 Å². The van der Waals surface area contributed by atoms with Gasteiger partial charge in [-0.1, -0.05) is 191 Å². The van der Waals surface area contributed by atoms with E-state index in [0.717, 1.165) is 50.4 Å². The summed E-state index contributed by atoms with van der Waals surface area (Å²) in [7, 11) is 0. The molecule has 60 heavy (non-hydrogen) atoms. The second kappa shape index (κ2) is 14.1. The molecule has 3 nitrogen and oxygen atoms in total. The van der Waals surface area contributed by atoms with Gasteiger partial charge in [0.25, 0.3) is 0 Å². The van der Waals surface area contributed by atoms with Crippen LogP contribution in [0.3, 0.4) is 0 Å². The predicted molar refractivity (Wildman–Crippen MR) is 255 cm³/mol. The summed E-state index contributed by atoms with van der Waals surface area (Å²) >= 11 is 0. The molecule has 0 amide bonds. The molecule has 11 aromatic rings. The lowest BCUT2D eigenvalue weighted by Gasteiger charge is -2.29. The highest BCUT2D eigenvalue weighted by Gasteiger charge is 2.24. The fourth-order valence-electron chi connectivity index (χ4n) is 9.27. The molecule has 11 rings (SSSR count). The van der Waals surface area contributed by atoms with Gasteiger partial charge in [0.1, 0.15) is 5.82 Å². The zero-order chi connectivity index (χ0) is 40.4. The van der Waals surface area contributed by atoms with Crippen molar-refractivity contribution in [1.29, 1.82) is 0 Å². The molecule has 10 aromatic carbocycles. The molecule has 0 atom stereocenters. The van der Waals surface area contributed by atoms with Crippen molar-refractivity contribution in [2.45, 2.75) is 26.2 Å². The smallest absolute Gasteiger partial charge is 0.145 e. The van der Waals surface area contributed by atoms with E-state index in [1.807, 2.05) is 0 Å². The largest absolute Gasteiger partial charge is 0.309 e. The molecule has 1 aromatic heterocycles. The Morgan fingerprint density at radius 3 is 1.37 bits per heavy atom. The molecule has 0 aliphatic heterocycles. The van der Waals surface area contributed by atoms with Gasteiger partial charge >= 0.3 is 0 Å². The first kappa shape index (κ1) is 35.7.